The molecular weight excluding hydrogens is 329 g/mol. The summed E-state index contributed by atoms with van der Waals surface area (Å²) in [5, 5.41) is 0.741. The van der Waals surface area contributed by atoms with Gasteiger partial charge >= 0.3 is 0 Å². The Morgan fingerprint density at radius 2 is 1.78 bits per heavy atom. The van der Waals surface area contributed by atoms with Crippen molar-refractivity contribution < 1.29 is 4.74 Å². The maximum absolute atomic E-state index is 6.31. The van der Waals surface area contributed by atoms with Crippen LogP contribution in [0.25, 0.3) is 0 Å². The number of benzene rings is 2. The Hall–Kier alpha value is -1.22. The summed E-state index contributed by atoms with van der Waals surface area (Å²) in [5.74, 6) is 0.951. The molecule has 0 fully saturated rings. The highest BCUT2D eigenvalue weighted by Gasteiger charge is 2.14. The molecule has 4 heteroatoms. The van der Waals surface area contributed by atoms with Gasteiger partial charge in [-0.05, 0) is 43.0 Å². The van der Waals surface area contributed by atoms with Gasteiger partial charge in [0.2, 0.25) is 0 Å². The fraction of sp³-hybridized carbons (Fsp3) is 0.368. The molecule has 2 aromatic rings. The van der Waals surface area contributed by atoms with Gasteiger partial charge in [0.25, 0.3) is 0 Å². The highest BCUT2D eigenvalue weighted by atomic mass is 35.5. The molecule has 1 unspecified atom stereocenters. The van der Waals surface area contributed by atoms with Gasteiger partial charge in [-0.2, -0.15) is 0 Å². The number of hydrogen-bond acceptors (Lipinski definition) is 2. The third-order valence-electron chi connectivity index (χ3n) is 3.44. The standard InChI is InChI=1S/C19H24ClNO.ClH/c1-3-9-22-19-16(10-14(2)21)12-18(20)13-17(19)11-15-7-5-4-6-8-15;/h4-8,12-14H,3,9-11,21H2,1-2H3;1H. The first-order valence-electron chi connectivity index (χ1n) is 7.83. The predicted molar refractivity (Wildman–Crippen MR) is 101 cm³/mol. The highest BCUT2D eigenvalue weighted by molar-refractivity contribution is 6.30. The smallest absolute Gasteiger partial charge is 0.126 e. The average molecular weight is 354 g/mol. The summed E-state index contributed by atoms with van der Waals surface area (Å²) in [5.41, 5.74) is 9.45. The summed E-state index contributed by atoms with van der Waals surface area (Å²) in [6.45, 7) is 4.81. The molecule has 0 radical (unpaired) electrons. The van der Waals surface area contributed by atoms with E-state index in [1.54, 1.807) is 0 Å². The van der Waals surface area contributed by atoms with Crippen LogP contribution in [-0.2, 0) is 12.8 Å². The maximum atomic E-state index is 6.31. The van der Waals surface area contributed by atoms with Crippen molar-refractivity contribution in [2.75, 3.05) is 6.61 Å². The van der Waals surface area contributed by atoms with Gasteiger partial charge in [0.1, 0.15) is 5.75 Å². The van der Waals surface area contributed by atoms with E-state index in [1.807, 2.05) is 25.1 Å². The zero-order valence-corrected chi connectivity index (χ0v) is 15.3. The maximum Gasteiger partial charge on any atom is 0.126 e. The zero-order chi connectivity index (χ0) is 15.9. The highest BCUT2D eigenvalue weighted by Crippen LogP contribution is 2.31. The van der Waals surface area contributed by atoms with E-state index in [0.29, 0.717) is 6.61 Å². The lowest BCUT2D eigenvalue weighted by molar-refractivity contribution is 0.311. The predicted octanol–water partition coefficient (Wildman–Crippen LogP) is 5.03. The van der Waals surface area contributed by atoms with Crippen molar-refractivity contribution in [1.29, 1.82) is 0 Å². The van der Waals surface area contributed by atoms with Crippen molar-refractivity contribution in [2.45, 2.75) is 39.2 Å². The van der Waals surface area contributed by atoms with Crippen molar-refractivity contribution >= 4 is 24.0 Å². The second-order valence-electron chi connectivity index (χ2n) is 5.75. The van der Waals surface area contributed by atoms with Crippen LogP contribution in [0.4, 0.5) is 0 Å². The van der Waals surface area contributed by atoms with E-state index in [2.05, 4.69) is 31.2 Å². The molecule has 1 atom stereocenters. The van der Waals surface area contributed by atoms with Crippen LogP contribution in [0.1, 0.15) is 37.0 Å². The molecule has 0 spiro atoms. The molecular formula is C19H25Cl2NO. The Labute approximate surface area is 150 Å². The Morgan fingerprint density at radius 1 is 1.13 bits per heavy atom. The van der Waals surface area contributed by atoms with E-state index in [9.17, 15) is 0 Å². The van der Waals surface area contributed by atoms with Gasteiger partial charge in [-0.3, -0.25) is 0 Å². The van der Waals surface area contributed by atoms with Crippen LogP contribution in [-0.4, -0.2) is 12.6 Å². The van der Waals surface area contributed by atoms with Crippen LogP contribution in [0.15, 0.2) is 42.5 Å². The topological polar surface area (TPSA) is 35.2 Å². The SMILES string of the molecule is CCCOc1c(Cc2ccccc2)cc(Cl)cc1CC(C)N.Cl. The summed E-state index contributed by atoms with van der Waals surface area (Å²) in [6.07, 6.45) is 2.55. The lowest BCUT2D eigenvalue weighted by atomic mass is 9.98. The fourth-order valence-electron chi connectivity index (χ4n) is 2.55. The van der Waals surface area contributed by atoms with E-state index in [0.717, 1.165) is 41.2 Å². The van der Waals surface area contributed by atoms with Crippen molar-refractivity contribution in [1.82, 2.24) is 0 Å². The van der Waals surface area contributed by atoms with Crippen LogP contribution in [0, 0.1) is 0 Å². The first-order chi connectivity index (χ1) is 10.6. The fourth-order valence-corrected chi connectivity index (χ4v) is 2.81. The number of hydrogen-bond donors (Lipinski definition) is 1. The molecule has 2 aromatic carbocycles. The largest absolute Gasteiger partial charge is 0.493 e. The van der Waals surface area contributed by atoms with Gasteiger partial charge in [0, 0.05) is 23.0 Å². The summed E-state index contributed by atoms with van der Waals surface area (Å²) in [4.78, 5) is 0. The molecule has 0 saturated carbocycles. The van der Waals surface area contributed by atoms with Crippen LogP contribution in [0.5, 0.6) is 5.75 Å². The molecule has 23 heavy (non-hydrogen) atoms. The minimum Gasteiger partial charge on any atom is -0.493 e. The van der Waals surface area contributed by atoms with E-state index < -0.39 is 0 Å². The molecule has 2 N–H and O–H groups in total. The zero-order valence-electron chi connectivity index (χ0n) is 13.7. The average Bonchev–Trinajstić information content (AvgIpc) is 2.47. The lowest BCUT2D eigenvalue weighted by Gasteiger charge is -2.18. The third-order valence-corrected chi connectivity index (χ3v) is 3.66. The molecule has 0 aliphatic rings. The molecule has 2 nitrogen and oxygen atoms in total. The Balaban J connectivity index is 0.00000264. The van der Waals surface area contributed by atoms with Crippen LogP contribution in [0.2, 0.25) is 5.02 Å². The number of halogens is 2. The van der Waals surface area contributed by atoms with Gasteiger partial charge < -0.3 is 10.5 Å². The van der Waals surface area contributed by atoms with Crippen molar-refractivity contribution in [2.24, 2.45) is 5.73 Å². The summed E-state index contributed by atoms with van der Waals surface area (Å²) in [6, 6.07) is 14.4. The molecule has 0 aliphatic carbocycles. The number of rotatable bonds is 7. The second kappa shape index (κ2) is 9.82. The van der Waals surface area contributed by atoms with Crippen LogP contribution < -0.4 is 10.5 Å². The van der Waals surface area contributed by atoms with Crippen molar-refractivity contribution in [3.8, 4) is 5.75 Å². The summed E-state index contributed by atoms with van der Waals surface area (Å²) < 4.78 is 6.03. The van der Waals surface area contributed by atoms with Gasteiger partial charge in [0.15, 0.2) is 0 Å². The van der Waals surface area contributed by atoms with E-state index in [-0.39, 0.29) is 18.4 Å². The second-order valence-corrected chi connectivity index (χ2v) is 6.18. The van der Waals surface area contributed by atoms with Gasteiger partial charge in [-0.1, -0.05) is 48.9 Å². The summed E-state index contributed by atoms with van der Waals surface area (Å²) >= 11 is 6.31. The van der Waals surface area contributed by atoms with E-state index >= 15 is 0 Å². The van der Waals surface area contributed by atoms with Gasteiger partial charge in [0.05, 0.1) is 6.61 Å². The molecule has 0 saturated heterocycles. The number of ether oxygens (including phenoxy) is 1. The molecule has 126 valence electrons. The minimum atomic E-state index is 0. The van der Waals surface area contributed by atoms with Crippen molar-refractivity contribution in [3.05, 3.63) is 64.2 Å². The van der Waals surface area contributed by atoms with Crippen molar-refractivity contribution in [3.63, 3.8) is 0 Å². The molecule has 0 heterocycles. The Kier molecular flexibility index (Phi) is 8.46. The van der Waals surface area contributed by atoms with Gasteiger partial charge in [-0.25, -0.2) is 0 Å². The van der Waals surface area contributed by atoms with Crippen LogP contribution in [0.3, 0.4) is 0 Å². The molecule has 0 aromatic heterocycles. The van der Waals surface area contributed by atoms with E-state index in [4.69, 9.17) is 22.1 Å². The Bertz CT molecular complexity index is 600. The minimum absolute atomic E-state index is 0. The van der Waals surface area contributed by atoms with Gasteiger partial charge in [-0.15, -0.1) is 12.4 Å². The first-order valence-corrected chi connectivity index (χ1v) is 8.21. The third kappa shape index (κ3) is 6.06. The van der Waals surface area contributed by atoms with E-state index in [1.165, 1.54) is 5.56 Å². The monoisotopic (exact) mass is 353 g/mol. The summed E-state index contributed by atoms with van der Waals surface area (Å²) in [7, 11) is 0. The Morgan fingerprint density at radius 3 is 2.39 bits per heavy atom. The number of nitrogens with two attached hydrogens (primary N) is 1. The molecule has 2 rings (SSSR count). The van der Waals surface area contributed by atoms with Crippen LogP contribution >= 0.6 is 24.0 Å². The normalized spacial score (nSPS) is 11.7. The molecule has 0 aliphatic heterocycles. The lowest BCUT2D eigenvalue weighted by Crippen LogP contribution is -2.19. The molecule has 0 bridgehead atoms. The molecule has 0 amide bonds. The first kappa shape index (κ1) is 19.8. The quantitative estimate of drug-likeness (QED) is 0.757.